The summed E-state index contributed by atoms with van der Waals surface area (Å²) in [4.78, 5) is 4.93. The van der Waals surface area contributed by atoms with Gasteiger partial charge >= 0.3 is 0 Å². The lowest BCUT2D eigenvalue weighted by Gasteiger charge is -2.37. The van der Waals surface area contributed by atoms with E-state index in [0.717, 1.165) is 25.3 Å². The maximum absolute atomic E-state index is 9.99. The SMILES string of the molecule is C=CCC[C@H](O)CN1CC[C@@H]2CCN(C)C[C@H]21. The molecule has 0 aromatic rings. The summed E-state index contributed by atoms with van der Waals surface area (Å²) in [5.41, 5.74) is 0. The topological polar surface area (TPSA) is 26.7 Å². The van der Waals surface area contributed by atoms with Gasteiger partial charge in [-0.25, -0.2) is 0 Å². The number of piperidine rings is 1. The molecule has 3 atom stereocenters. The van der Waals surface area contributed by atoms with Gasteiger partial charge in [-0.15, -0.1) is 6.58 Å². The Morgan fingerprint density at radius 1 is 1.41 bits per heavy atom. The van der Waals surface area contributed by atoms with Crippen molar-refractivity contribution >= 4 is 0 Å². The van der Waals surface area contributed by atoms with E-state index in [2.05, 4.69) is 23.4 Å². The number of nitrogens with zero attached hydrogens (tertiary/aromatic N) is 2. The van der Waals surface area contributed by atoms with E-state index >= 15 is 0 Å². The minimum Gasteiger partial charge on any atom is -0.392 e. The second-order valence-electron chi connectivity index (χ2n) is 5.68. The van der Waals surface area contributed by atoms with Crippen LogP contribution in [0.4, 0.5) is 0 Å². The van der Waals surface area contributed by atoms with Crippen LogP contribution in [0.1, 0.15) is 25.7 Å². The second kappa shape index (κ2) is 5.98. The van der Waals surface area contributed by atoms with Crippen LogP contribution in [0.5, 0.6) is 0 Å². The minimum atomic E-state index is -0.181. The normalized spacial score (nSPS) is 32.4. The zero-order chi connectivity index (χ0) is 12.3. The fourth-order valence-corrected chi connectivity index (χ4v) is 3.28. The summed E-state index contributed by atoms with van der Waals surface area (Å²) in [6.45, 7) is 8.16. The number of likely N-dealkylation sites (tertiary alicyclic amines) is 2. The first kappa shape index (κ1) is 13.1. The third-order valence-corrected chi connectivity index (χ3v) is 4.33. The lowest BCUT2D eigenvalue weighted by Crippen LogP contribution is -2.48. The Balaban J connectivity index is 1.82. The van der Waals surface area contributed by atoms with Crippen LogP contribution in [-0.2, 0) is 0 Å². The Kier molecular flexibility index (Phi) is 4.60. The predicted octanol–water partition coefficient (Wildman–Crippen LogP) is 1.34. The molecule has 3 heteroatoms. The van der Waals surface area contributed by atoms with Gasteiger partial charge in [-0.1, -0.05) is 6.08 Å². The lowest BCUT2D eigenvalue weighted by atomic mass is 9.92. The molecule has 2 heterocycles. The summed E-state index contributed by atoms with van der Waals surface area (Å²) in [6.07, 6.45) is 6.15. The Morgan fingerprint density at radius 2 is 2.18 bits per heavy atom. The third kappa shape index (κ3) is 3.30. The van der Waals surface area contributed by atoms with Gasteiger partial charge in [-0.2, -0.15) is 0 Å². The van der Waals surface area contributed by atoms with Crippen LogP contribution < -0.4 is 0 Å². The number of allylic oxidation sites excluding steroid dienone is 1. The standard InChI is InChI=1S/C14H26N2O/c1-3-4-5-13(17)10-16-9-7-12-6-8-15(2)11-14(12)16/h3,12-14,17H,1,4-11H2,2H3/t12-,13-,14+/m0/s1. The quantitative estimate of drug-likeness (QED) is 0.732. The van der Waals surface area contributed by atoms with Crippen molar-refractivity contribution < 1.29 is 5.11 Å². The van der Waals surface area contributed by atoms with Crippen LogP contribution in [-0.4, -0.2) is 60.3 Å². The molecule has 0 spiro atoms. The van der Waals surface area contributed by atoms with E-state index in [1.807, 2.05) is 6.08 Å². The van der Waals surface area contributed by atoms with Crippen molar-refractivity contribution in [2.75, 3.05) is 33.2 Å². The van der Waals surface area contributed by atoms with Crippen molar-refractivity contribution in [1.82, 2.24) is 9.80 Å². The number of rotatable bonds is 5. The highest BCUT2D eigenvalue weighted by molar-refractivity contribution is 4.93. The first-order chi connectivity index (χ1) is 8.20. The third-order valence-electron chi connectivity index (χ3n) is 4.33. The minimum absolute atomic E-state index is 0.181. The Bertz CT molecular complexity index is 257. The molecule has 3 nitrogen and oxygen atoms in total. The van der Waals surface area contributed by atoms with E-state index < -0.39 is 0 Å². The summed E-state index contributed by atoms with van der Waals surface area (Å²) < 4.78 is 0. The van der Waals surface area contributed by atoms with Gasteiger partial charge < -0.3 is 10.0 Å². The zero-order valence-electron chi connectivity index (χ0n) is 11.0. The van der Waals surface area contributed by atoms with Gasteiger partial charge in [-0.05, 0) is 51.7 Å². The van der Waals surface area contributed by atoms with Gasteiger partial charge in [0.25, 0.3) is 0 Å². The molecule has 0 amide bonds. The molecule has 0 aliphatic carbocycles. The zero-order valence-corrected chi connectivity index (χ0v) is 11.0. The molecule has 0 bridgehead atoms. The van der Waals surface area contributed by atoms with Gasteiger partial charge in [0.2, 0.25) is 0 Å². The van der Waals surface area contributed by atoms with Gasteiger partial charge in [0.15, 0.2) is 0 Å². The predicted molar refractivity (Wildman–Crippen MR) is 71.0 cm³/mol. The van der Waals surface area contributed by atoms with Crippen molar-refractivity contribution in [1.29, 1.82) is 0 Å². The Morgan fingerprint density at radius 3 is 2.94 bits per heavy atom. The van der Waals surface area contributed by atoms with E-state index in [0.29, 0.717) is 6.04 Å². The molecule has 2 aliphatic rings. The molecule has 0 aromatic heterocycles. The number of hydrogen-bond donors (Lipinski definition) is 1. The summed E-state index contributed by atoms with van der Waals surface area (Å²) in [5.74, 6) is 0.873. The van der Waals surface area contributed by atoms with Gasteiger partial charge in [0.1, 0.15) is 0 Å². The molecule has 0 radical (unpaired) electrons. The molecule has 2 saturated heterocycles. The fourth-order valence-electron chi connectivity index (χ4n) is 3.28. The summed E-state index contributed by atoms with van der Waals surface area (Å²) in [7, 11) is 2.21. The number of β-amino-alcohol motifs (C(OH)–C–C–N with tert-alkyl or cyclic N) is 1. The number of fused-ring (bicyclic) bond motifs is 1. The van der Waals surface area contributed by atoms with Gasteiger partial charge in [0, 0.05) is 19.1 Å². The Hall–Kier alpha value is -0.380. The average Bonchev–Trinajstić information content (AvgIpc) is 2.69. The number of likely N-dealkylation sites (N-methyl/N-ethyl adjacent to an activating group) is 1. The van der Waals surface area contributed by atoms with Crippen LogP contribution in [0, 0.1) is 5.92 Å². The maximum atomic E-state index is 9.99. The van der Waals surface area contributed by atoms with Crippen LogP contribution in [0.15, 0.2) is 12.7 Å². The molecule has 0 saturated carbocycles. The van der Waals surface area contributed by atoms with Crippen molar-refractivity contribution in [3.05, 3.63) is 12.7 Å². The molecule has 2 aliphatic heterocycles. The number of aliphatic hydroxyl groups is 1. The average molecular weight is 238 g/mol. The monoisotopic (exact) mass is 238 g/mol. The van der Waals surface area contributed by atoms with Crippen LogP contribution in [0.25, 0.3) is 0 Å². The number of hydrogen-bond acceptors (Lipinski definition) is 3. The molecule has 1 N–H and O–H groups in total. The highest BCUT2D eigenvalue weighted by Crippen LogP contribution is 2.31. The van der Waals surface area contributed by atoms with E-state index in [9.17, 15) is 5.11 Å². The largest absolute Gasteiger partial charge is 0.392 e. The maximum Gasteiger partial charge on any atom is 0.0670 e. The van der Waals surface area contributed by atoms with Crippen molar-refractivity contribution in [3.63, 3.8) is 0 Å². The highest BCUT2D eigenvalue weighted by Gasteiger charge is 2.37. The summed E-state index contributed by atoms with van der Waals surface area (Å²) in [6, 6.07) is 0.687. The Labute approximate surface area is 105 Å². The molecular formula is C14H26N2O. The van der Waals surface area contributed by atoms with Crippen molar-refractivity contribution in [2.45, 2.75) is 37.8 Å². The van der Waals surface area contributed by atoms with E-state index in [1.54, 1.807) is 0 Å². The van der Waals surface area contributed by atoms with E-state index in [-0.39, 0.29) is 6.10 Å². The molecule has 17 heavy (non-hydrogen) atoms. The number of aliphatic hydroxyl groups excluding tert-OH is 1. The summed E-state index contributed by atoms with van der Waals surface area (Å²) >= 11 is 0. The molecule has 0 aromatic carbocycles. The lowest BCUT2D eigenvalue weighted by molar-refractivity contribution is 0.0675. The molecule has 2 rings (SSSR count). The highest BCUT2D eigenvalue weighted by atomic mass is 16.3. The molecule has 2 fully saturated rings. The van der Waals surface area contributed by atoms with Crippen LogP contribution in [0.3, 0.4) is 0 Å². The fraction of sp³-hybridized carbons (Fsp3) is 0.857. The van der Waals surface area contributed by atoms with Crippen LogP contribution >= 0.6 is 0 Å². The smallest absolute Gasteiger partial charge is 0.0670 e. The van der Waals surface area contributed by atoms with Crippen molar-refractivity contribution in [3.8, 4) is 0 Å². The van der Waals surface area contributed by atoms with Crippen molar-refractivity contribution in [2.24, 2.45) is 5.92 Å². The first-order valence-electron chi connectivity index (χ1n) is 6.92. The molecule has 98 valence electrons. The van der Waals surface area contributed by atoms with Crippen LogP contribution in [0.2, 0.25) is 0 Å². The van der Waals surface area contributed by atoms with Gasteiger partial charge in [-0.3, -0.25) is 4.90 Å². The summed E-state index contributed by atoms with van der Waals surface area (Å²) in [5, 5.41) is 9.99. The van der Waals surface area contributed by atoms with Gasteiger partial charge in [0.05, 0.1) is 6.10 Å². The molecular weight excluding hydrogens is 212 g/mol. The second-order valence-corrected chi connectivity index (χ2v) is 5.68. The first-order valence-corrected chi connectivity index (χ1v) is 6.92. The molecule has 0 unspecified atom stereocenters. The van der Waals surface area contributed by atoms with E-state index in [4.69, 9.17) is 0 Å². The van der Waals surface area contributed by atoms with E-state index in [1.165, 1.54) is 32.5 Å².